The van der Waals surface area contributed by atoms with E-state index in [-0.39, 0.29) is 47.7 Å². The number of phosphoric acid groups is 1. The highest BCUT2D eigenvalue weighted by Crippen LogP contribution is 2.40. The Morgan fingerprint density at radius 2 is 1.36 bits per heavy atom. The van der Waals surface area contributed by atoms with Gasteiger partial charge in [0, 0.05) is 32.0 Å². The van der Waals surface area contributed by atoms with Crippen LogP contribution in [0.2, 0.25) is 0 Å². The van der Waals surface area contributed by atoms with E-state index in [0.717, 1.165) is 6.29 Å². The van der Waals surface area contributed by atoms with Crippen molar-refractivity contribution >= 4 is 96.1 Å². The van der Waals surface area contributed by atoms with Crippen molar-refractivity contribution in [1.29, 1.82) is 5.16 Å². The average Bonchev–Trinajstić information content (AvgIpc) is 2.26. The molecule has 47 heteroatoms. The monoisotopic (exact) mass is 1330 g/mol. The van der Waals surface area contributed by atoms with Crippen LogP contribution in [0.4, 0.5) is 20.4 Å². The number of carbonyl (C=O) groups is 2. The third-order valence-corrected chi connectivity index (χ3v) is 10.1. The fourth-order valence-electron chi connectivity index (χ4n) is 5.44. The topological polar surface area (TPSA) is 661 Å². The Bertz CT molecular complexity index is 2960. The second-order valence-electron chi connectivity index (χ2n) is 15.0. The molecular formula is C38H50F2N11O28P6-3. The number of phosphoric ester groups is 1. The number of ether oxygens (including phenoxy) is 3. The Kier molecular flexibility index (Phi) is 40.7. The first-order valence-corrected chi connectivity index (χ1v) is 28.6. The fraction of sp³-hybridized carbons (Fsp3) is 0.474. The molecule has 85 heavy (non-hydrogen) atoms. The zero-order valence-electron chi connectivity index (χ0n) is 43.3. The molecule has 3 fully saturated rings. The molecule has 0 saturated carbocycles. The molecular weight excluding hydrogens is 1280 g/mol. The van der Waals surface area contributed by atoms with Gasteiger partial charge >= 0.3 is 36.9 Å². The van der Waals surface area contributed by atoms with Gasteiger partial charge in [-0.25, -0.2) is 24.6 Å². The minimum absolute atomic E-state index is 0.0741. The molecule has 0 radical (unpaired) electrons. The summed E-state index contributed by atoms with van der Waals surface area (Å²) in [4.78, 5) is 88.0. The number of nitrogens with one attached hydrogen (secondary N) is 2. The van der Waals surface area contributed by atoms with Gasteiger partial charge in [0.1, 0.15) is 30.2 Å². The summed E-state index contributed by atoms with van der Waals surface area (Å²) in [6.45, 7) is 3.05. The average molecular weight is 1330 g/mol. The number of nitrogens with two attached hydrogens (primary N) is 2. The Morgan fingerprint density at radius 1 is 0.906 bits per heavy atom. The molecule has 39 nitrogen and oxygen atoms in total. The molecule has 0 aromatic carbocycles. The number of imidazole rings is 2. The van der Waals surface area contributed by atoms with Crippen LogP contribution in [-0.4, -0.2) is 164 Å². The number of carbonyl (C=O) groups excluding carboxylic acids is 2. The molecule has 3 saturated heterocycles. The van der Waals surface area contributed by atoms with Gasteiger partial charge in [0.05, 0.1) is 32.0 Å². The number of anilines is 2. The largest absolute Gasteiger partial charge is 0.756 e. The number of halogens is 2. The molecule has 3 aliphatic rings. The van der Waals surface area contributed by atoms with Crippen LogP contribution in [-0.2, 0) is 60.6 Å². The van der Waals surface area contributed by atoms with Gasteiger partial charge in [0.15, 0.2) is 69.7 Å². The second kappa shape index (κ2) is 41.4. The number of aldehydes is 2. The Hall–Kier alpha value is -5.68. The highest BCUT2D eigenvalue weighted by molar-refractivity contribution is 7.96. The lowest BCUT2D eigenvalue weighted by atomic mass is 9.99. The van der Waals surface area contributed by atoms with Crippen molar-refractivity contribution in [1.82, 2.24) is 39.5 Å². The van der Waals surface area contributed by atoms with E-state index in [0.29, 0.717) is 19.9 Å². The van der Waals surface area contributed by atoms with E-state index in [4.69, 9.17) is 119 Å². The number of terminal acetylenes is 4. The maximum absolute atomic E-state index is 13.3. The van der Waals surface area contributed by atoms with Crippen molar-refractivity contribution < 1.29 is 145 Å². The highest BCUT2D eigenvalue weighted by Gasteiger charge is 2.49. The zero-order chi connectivity index (χ0) is 66.7. The molecule has 15 atom stereocenters. The number of aliphatic hydroxyl groups excluding tert-OH is 6. The van der Waals surface area contributed by atoms with Crippen LogP contribution < -0.4 is 41.6 Å². The van der Waals surface area contributed by atoms with E-state index in [1.165, 1.54) is 31.1 Å². The van der Waals surface area contributed by atoms with E-state index in [2.05, 4.69) is 80.6 Å². The lowest BCUT2D eigenvalue weighted by molar-refractivity contribution is -0.644. The smallest absolute Gasteiger partial charge is 0.521 e. The van der Waals surface area contributed by atoms with E-state index in [1.54, 1.807) is 6.92 Å². The summed E-state index contributed by atoms with van der Waals surface area (Å²) in [6, 6.07) is 0. The van der Waals surface area contributed by atoms with Gasteiger partial charge in [0.2, 0.25) is 0 Å². The van der Waals surface area contributed by atoms with Crippen molar-refractivity contribution in [2.24, 2.45) is 0 Å². The molecule has 0 spiro atoms. The zero-order valence-corrected chi connectivity index (χ0v) is 48.9. The second-order valence-corrected chi connectivity index (χ2v) is 19.0. The molecule has 472 valence electrons. The number of hydrogen-bond donors (Lipinski definition) is 13. The number of fused-ring (bicyclic) bond motifs is 2. The number of nitrogen functional groups attached to an aromatic ring is 2. The van der Waals surface area contributed by atoms with E-state index >= 15 is 0 Å². The molecule has 15 N–H and O–H groups in total. The maximum atomic E-state index is 13.3. The van der Waals surface area contributed by atoms with Gasteiger partial charge in [-0.3, -0.25) is 23.6 Å². The number of aromatic nitrogens is 8. The van der Waals surface area contributed by atoms with Gasteiger partial charge in [-0.15, -0.1) is 25.7 Å². The predicted molar refractivity (Wildman–Crippen MR) is 270 cm³/mol. The summed E-state index contributed by atoms with van der Waals surface area (Å²) in [5, 5.41) is 94.5. The van der Waals surface area contributed by atoms with Crippen molar-refractivity contribution in [3.05, 3.63) is 24.8 Å². The first kappa shape index (κ1) is 83.5. The van der Waals surface area contributed by atoms with Gasteiger partial charge < -0.3 is 106 Å². The summed E-state index contributed by atoms with van der Waals surface area (Å²) in [5.74, 6) is 8.41. The minimum Gasteiger partial charge on any atom is -0.756 e. The predicted octanol–water partition coefficient (Wildman–Crippen LogP) is -5.98. The van der Waals surface area contributed by atoms with Gasteiger partial charge in [-0.2, -0.15) is 28.7 Å². The number of nitrogens with zero attached hydrogens (tertiary/aromatic N) is 7. The van der Waals surface area contributed by atoms with Crippen molar-refractivity contribution in [3.63, 3.8) is 0 Å². The van der Waals surface area contributed by atoms with Crippen LogP contribution >= 0.6 is 49.6 Å². The Labute approximate surface area is 483 Å². The number of aromatic amines is 1. The van der Waals surface area contributed by atoms with Crippen molar-refractivity contribution in [2.75, 3.05) is 24.7 Å². The third kappa shape index (κ3) is 30.5. The van der Waals surface area contributed by atoms with Crippen LogP contribution in [0.1, 0.15) is 46.3 Å². The molecule has 6 unspecified atom stereocenters. The van der Waals surface area contributed by atoms with Gasteiger partial charge in [-0.05, 0) is 34.5 Å². The molecule has 7 rings (SSSR count). The lowest BCUT2D eigenvalue weighted by Gasteiger charge is -2.24. The van der Waals surface area contributed by atoms with Crippen LogP contribution in [0.15, 0.2) is 12.7 Å². The standard InChI is InChI=1S/C12H12FN5O3.C7H11O7P.C7H10O3.C5H4FN5.C5H6O2.C2H4O.H3NP2.3HO4P/c1-2-12(4-19)6(20)3-7(21-12)18-5-15-8-9(14)16-11(13)17-10(8)18;1-2-7(4-8)5(9)3-6(13-7)14-15(10,11)12;1-3-7(2)5(8)4-6(9)10-7;6-5-10-3(7)2-4(11-5)9-1-8-2;1-3-5(2,7)4-6;1-2-3;1-3-2;3*1-4-5(2)3/h1,5-7,19-20H,3-4H2,(H2,14,16,17);1,5-6,8-9H,3-4H2,(H2,10,11,12);1,5-6,8-9H,4H2,2H3;1H,(H3,7,8,9,10,11);1,4,7H,2H3;2H,1H3;1H,2H2;3*1H/p-3/t6-,7+,12+;5-,6+,7+;5-,6?,7-;;5-;;;;;/m000.0...../s1. The summed E-state index contributed by atoms with van der Waals surface area (Å²) in [7, 11) is -11.5. The molecule has 4 aromatic heterocycles. The summed E-state index contributed by atoms with van der Waals surface area (Å²) in [5.41, 5.74) is 6.22. The van der Waals surface area contributed by atoms with Crippen LogP contribution in [0, 0.1) is 66.7 Å². The Balaban J connectivity index is -0.000000939. The fourth-order valence-corrected chi connectivity index (χ4v) is 5.87. The molecule has 4 aromatic rings. The number of rotatable bonds is 9. The number of H-pyrrole nitrogens is 1. The van der Waals surface area contributed by atoms with Crippen molar-refractivity contribution in [2.45, 2.75) is 99.6 Å². The molecule has 0 aliphatic carbocycles. The summed E-state index contributed by atoms with van der Waals surface area (Å²) < 4.78 is 91.1. The summed E-state index contributed by atoms with van der Waals surface area (Å²) in [6.07, 6.45) is 15.9. The quantitative estimate of drug-likeness (QED) is 0.0185. The number of hydrogen-bond acceptors (Lipinski definition) is 36. The molecule has 0 amide bonds. The number of aliphatic hydroxyl groups is 7. The van der Waals surface area contributed by atoms with E-state index < -0.39 is 117 Å². The first-order valence-electron chi connectivity index (χ1n) is 21.3. The first-order chi connectivity index (χ1) is 39.4. The molecule has 3 aliphatic heterocycles. The van der Waals surface area contributed by atoms with E-state index in [1.807, 2.05) is 11.8 Å². The highest BCUT2D eigenvalue weighted by atomic mass is 32.0. The van der Waals surface area contributed by atoms with Crippen LogP contribution in [0.3, 0.4) is 0 Å². The van der Waals surface area contributed by atoms with Crippen molar-refractivity contribution in [3.8, 4) is 49.4 Å². The third-order valence-electron chi connectivity index (χ3n) is 9.27. The lowest BCUT2D eigenvalue weighted by Crippen LogP contribution is -2.41. The van der Waals surface area contributed by atoms with Gasteiger partial charge in [-0.1, -0.05) is 32.6 Å². The molecule has 0 bridgehead atoms. The SMILES string of the molecule is C#C[C@](C)(O)C=O.C#C[C@]1(C)OC(O)C[C@@H]1O.C#C[C@]1(CO)O[C@@H](n2cnc3c(N)nc(F)nc32)C[C@@H]1O.C#C[C@]1(CO)O[C@H](OP(=O)([O-])O)C[C@@H]1O.CC=O.N=PP.Nc1nc(F)nc2nc[nH]c12.O=[P+]([O-])OO.O=[P+]([O-])O[O-].O=[P+]([O-])O[O-]. The molecule has 7 heterocycles. The van der Waals surface area contributed by atoms with E-state index in [9.17, 15) is 43.5 Å². The van der Waals surface area contributed by atoms with Crippen LogP contribution in [0.5, 0.6) is 0 Å². The normalized spacial score (nSPS) is 24.8. The minimum atomic E-state index is -4.96. The Morgan fingerprint density at radius 3 is 1.71 bits per heavy atom. The maximum Gasteiger partial charge on any atom is 0.521 e. The summed E-state index contributed by atoms with van der Waals surface area (Å²) >= 11 is 0. The van der Waals surface area contributed by atoms with Gasteiger partial charge in [0.25, 0.3) is 7.82 Å². The van der Waals surface area contributed by atoms with Crippen LogP contribution in [0.25, 0.3) is 22.3 Å².